The molecule has 4 heteroatoms. The third-order valence-corrected chi connectivity index (χ3v) is 4.82. The first-order valence-electron chi connectivity index (χ1n) is 8.12. The molecule has 1 aromatic rings. The van der Waals surface area contributed by atoms with Crippen molar-refractivity contribution in [2.24, 2.45) is 11.8 Å². The maximum atomic E-state index is 5.43. The molecule has 0 bridgehead atoms. The summed E-state index contributed by atoms with van der Waals surface area (Å²) in [6.07, 6.45) is 10.2. The van der Waals surface area contributed by atoms with E-state index in [9.17, 15) is 0 Å². The van der Waals surface area contributed by atoms with E-state index >= 15 is 0 Å². The quantitative estimate of drug-likeness (QED) is 0.897. The lowest BCUT2D eigenvalue weighted by molar-refractivity contribution is 0.0609. The minimum atomic E-state index is 0.627. The smallest absolute Gasteiger partial charge is 0.108 e. The first kappa shape index (κ1) is 14.1. The lowest BCUT2D eigenvalue weighted by atomic mass is 9.92. The van der Waals surface area contributed by atoms with Crippen LogP contribution in [0.2, 0.25) is 0 Å². The molecule has 20 heavy (non-hydrogen) atoms. The van der Waals surface area contributed by atoms with Crippen molar-refractivity contribution in [2.45, 2.75) is 51.6 Å². The number of hydrogen-bond acceptors (Lipinski definition) is 3. The van der Waals surface area contributed by atoms with Crippen LogP contribution in [-0.2, 0) is 17.7 Å². The van der Waals surface area contributed by atoms with Gasteiger partial charge >= 0.3 is 0 Å². The van der Waals surface area contributed by atoms with Gasteiger partial charge in [-0.25, -0.2) is 4.98 Å². The normalized spacial score (nSPS) is 25.4. The number of rotatable bonds is 5. The zero-order valence-electron chi connectivity index (χ0n) is 12.6. The average Bonchev–Trinajstić information content (AvgIpc) is 2.93. The number of ether oxygens (including phenoxy) is 1. The molecule has 0 spiro atoms. The molecule has 3 heterocycles. The fourth-order valence-corrected chi connectivity index (χ4v) is 3.54. The molecule has 2 atom stereocenters. The SMILES string of the molecule is C[C@H](CC1CCOCC1)NC[C@H]1CCc2nccn2C1. The van der Waals surface area contributed by atoms with Crippen LogP contribution in [0.1, 0.15) is 38.4 Å². The third kappa shape index (κ3) is 3.61. The van der Waals surface area contributed by atoms with Gasteiger partial charge in [-0.15, -0.1) is 0 Å². The summed E-state index contributed by atoms with van der Waals surface area (Å²) in [5.41, 5.74) is 0. The van der Waals surface area contributed by atoms with Crippen molar-refractivity contribution in [2.75, 3.05) is 19.8 Å². The molecule has 4 nitrogen and oxygen atoms in total. The summed E-state index contributed by atoms with van der Waals surface area (Å²) in [6.45, 7) is 6.53. The topological polar surface area (TPSA) is 39.1 Å². The van der Waals surface area contributed by atoms with Gasteiger partial charge in [0.05, 0.1) is 0 Å². The zero-order valence-corrected chi connectivity index (χ0v) is 12.6. The predicted octanol–water partition coefficient (Wildman–Crippen LogP) is 2.24. The Kier molecular flexibility index (Phi) is 4.73. The Hall–Kier alpha value is -0.870. The standard InChI is InChI=1S/C16H27N3O/c1-13(10-14-4-8-20-9-5-14)18-11-15-2-3-16-17-6-7-19(16)12-15/h6-7,13-15,18H,2-5,8-12H2,1H3/t13-,15-/m1/s1. The first-order valence-corrected chi connectivity index (χ1v) is 8.12. The predicted molar refractivity (Wildman–Crippen MR) is 79.7 cm³/mol. The van der Waals surface area contributed by atoms with Crippen LogP contribution in [0.3, 0.4) is 0 Å². The second kappa shape index (κ2) is 6.72. The number of hydrogen-bond donors (Lipinski definition) is 1. The average molecular weight is 277 g/mol. The van der Waals surface area contributed by atoms with Crippen LogP contribution >= 0.6 is 0 Å². The van der Waals surface area contributed by atoms with Crippen LogP contribution in [0, 0.1) is 11.8 Å². The lowest BCUT2D eigenvalue weighted by Crippen LogP contribution is -2.36. The maximum absolute atomic E-state index is 5.43. The van der Waals surface area contributed by atoms with E-state index in [0.717, 1.165) is 44.6 Å². The number of fused-ring (bicyclic) bond motifs is 1. The van der Waals surface area contributed by atoms with Crippen LogP contribution in [0.4, 0.5) is 0 Å². The highest BCUT2D eigenvalue weighted by Gasteiger charge is 2.20. The summed E-state index contributed by atoms with van der Waals surface area (Å²) in [4.78, 5) is 4.39. The second-order valence-electron chi connectivity index (χ2n) is 6.50. The molecule has 0 aromatic carbocycles. The summed E-state index contributed by atoms with van der Waals surface area (Å²) in [6, 6.07) is 0.627. The fraction of sp³-hybridized carbons (Fsp3) is 0.812. The second-order valence-corrected chi connectivity index (χ2v) is 6.50. The summed E-state index contributed by atoms with van der Waals surface area (Å²) < 4.78 is 7.75. The molecular weight excluding hydrogens is 250 g/mol. The molecule has 0 aliphatic carbocycles. The number of aryl methyl sites for hydroxylation is 1. The van der Waals surface area contributed by atoms with Crippen molar-refractivity contribution >= 4 is 0 Å². The zero-order chi connectivity index (χ0) is 13.8. The van der Waals surface area contributed by atoms with E-state index in [0.29, 0.717) is 6.04 Å². The summed E-state index contributed by atoms with van der Waals surface area (Å²) in [5.74, 6) is 2.88. The number of aromatic nitrogens is 2. The van der Waals surface area contributed by atoms with E-state index in [2.05, 4.69) is 28.0 Å². The molecule has 3 rings (SSSR count). The molecule has 1 N–H and O–H groups in total. The van der Waals surface area contributed by atoms with Gasteiger partial charge in [-0.05, 0) is 51.0 Å². The highest BCUT2D eigenvalue weighted by molar-refractivity contribution is 4.97. The molecular formula is C16H27N3O. The van der Waals surface area contributed by atoms with Gasteiger partial charge in [-0.2, -0.15) is 0 Å². The van der Waals surface area contributed by atoms with Gasteiger partial charge < -0.3 is 14.6 Å². The van der Waals surface area contributed by atoms with Crippen LogP contribution < -0.4 is 5.32 Å². The monoisotopic (exact) mass is 277 g/mol. The first-order chi connectivity index (χ1) is 9.81. The summed E-state index contributed by atoms with van der Waals surface area (Å²) >= 11 is 0. The highest BCUT2D eigenvalue weighted by Crippen LogP contribution is 2.21. The van der Waals surface area contributed by atoms with Gasteiger partial charge in [0.15, 0.2) is 0 Å². The van der Waals surface area contributed by atoms with E-state index in [1.54, 1.807) is 0 Å². The van der Waals surface area contributed by atoms with Gasteiger partial charge in [0.25, 0.3) is 0 Å². The molecule has 0 amide bonds. The Balaban J connectivity index is 1.39. The van der Waals surface area contributed by atoms with Crippen molar-refractivity contribution < 1.29 is 4.74 Å². The molecule has 2 aliphatic rings. The minimum Gasteiger partial charge on any atom is -0.381 e. The Morgan fingerprint density at radius 2 is 2.20 bits per heavy atom. The van der Waals surface area contributed by atoms with Gasteiger partial charge in [0, 0.05) is 44.6 Å². The van der Waals surface area contributed by atoms with Crippen molar-refractivity contribution in [3.8, 4) is 0 Å². The Bertz CT molecular complexity index is 412. The number of nitrogens with one attached hydrogen (secondary N) is 1. The molecule has 112 valence electrons. The minimum absolute atomic E-state index is 0.627. The van der Waals surface area contributed by atoms with Crippen molar-refractivity contribution in [1.82, 2.24) is 14.9 Å². The number of nitrogens with zero attached hydrogens (tertiary/aromatic N) is 2. The van der Waals surface area contributed by atoms with Gasteiger partial charge in [0.1, 0.15) is 5.82 Å². The molecule has 0 unspecified atom stereocenters. The highest BCUT2D eigenvalue weighted by atomic mass is 16.5. The molecule has 1 aromatic heterocycles. The van der Waals surface area contributed by atoms with E-state index < -0.39 is 0 Å². The number of imidazole rings is 1. The van der Waals surface area contributed by atoms with E-state index in [1.165, 1.54) is 31.5 Å². The van der Waals surface area contributed by atoms with E-state index in [-0.39, 0.29) is 0 Å². The maximum Gasteiger partial charge on any atom is 0.108 e. The van der Waals surface area contributed by atoms with Crippen molar-refractivity contribution in [3.05, 3.63) is 18.2 Å². The Morgan fingerprint density at radius 3 is 3.05 bits per heavy atom. The molecule has 1 fully saturated rings. The Labute approximate surface area is 121 Å². The van der Waals surface area contributed by atoms with Gasteiger partial charge in [0.2, 0.25) is 0 Å². The van der Waals surface area contributed by atoms with Crippen molar-refractivity contribution in [1.29, 1.82) is 0 Å². The molecule has 0 radical (unpaired) electrons. The lowest BCUT2D eigenvalue weighted by Gasteiger charge is -2.28. The third-order valence-electron chi connectivity index (χ3n) is 4.82. The van der Waals surface area contributed by atoms with Crippen LogP contribution in [0.15, 0.2) is 12.4 Å². The summed E-state index contributed by atoms with van der Waals surface area (Å²) in [5, 5.41) is 3.75. The van der Waals surface area contributed by atoms with Gasteiger partial charge in [-0.3, -0.25) is 0 Å². The molecule has 0 saturated carbocycles. The van der Waals surface area contributed by atoms with Gasteiger partial charge in [-0.1, -0.05) is 0 Å². The van der Waals surface area contributed by atoms with Crippen LogP contribution in [0.25, 0.3) is 0 Å². The van der Waals surface area contributed by atoms with E-state index in [4.69, 9.17) is 4.74 Å². The van der Waals surface area contributed by atoms with Crippen molar-refractivity contribution in [3.63, 3.8) is 0 Å². The Morgan fingerprint density at radius 1 is 1.35 bits per heavy atom. The van der Waals surface area contributed by atoms with E-state index in [1.807, 2.05) is 6.20 Å². The fourth-order valence-electron chi connectivity index (χ4n) is 3.54. The molecule has 2 aliphatic heterocycles. The van der Waals surface area contributed by atoms with Crippen LogP contribution in [-0.4, -0.2) is 35.4 Å². The van der Waals surface area contributed by atoms with Crippen LogP contribution in [0.5, 0.6) is 0 Å². The summed E-state index contributed by atoms with van der Waals surface area (Å²) in [7, 11) is 0. The molecule has 1 saturated heterocycles. The largest absolute Gasteiger partial charge is 0.381 e.